The molecular weight excluding hydrogens is 412 g/mol. The first-order valence-corrected chi connectivity index (χ1v) is 13.8. The zero-order chi connectivity index (χ0) is 23.2. The Balaban J connectivity index is 1.24. The van der Waals surface area contributed by atoms with Crippen LogP contribution in [0.2, 0.25) is 0 Å². The Morgan fingerprint density at radius 3 is 2.64 bits per heavy atom. The zero-order valence-electron chi connectivity index (χ0n) is 21.4. The highest BCUT2D eigenvalue weighted by molar-refractivity contribution is 5.66. The van der Waals surface area contributed by atoms with Gasteiger partial charge in [0.15, 0.2) is 5.79 Å². The molecule has 4 heteroatoms. The van der Waals surface area contributed by atoms with Crippen molar-refractivity contribution in [2.45, 2.75) is 110 Å². The summed E-state index contributed by atoms with van der Waals surface area (Å²) >= 11 is 0. The van der Waals surface area contributed by atoms with E-state index >= 15 is 0 Å². The van der Waals surface area contributed by atoms with Gasteiger partial charge >= 0.3 is 5.97 Å². The van der Waals surface area contributed by atoms with Crippen LogP contribution in [0.3, 0.4) is 0 Å². The highest BCUT2D eigenvalue weighted by Crippen LogP contribution is 2.70. The maximum absolute atomic E-state index is 11.5. The third-order valence-corrected chi connectivity index (χ3v) is 11.7. The van der Waals surface area contributed by atoms with Crippen LogP contribution in [0.5, 0.6) is 0 Å². The van der Waals surface area contributed by atoms with Crippen molar-refractivity contribution in [3.8, 4) is 0 Å². The molecule has 0 radical (unpaired) electrons. The Morgan fingerprint density at radius 2 is 1.91 bits per heavy atom. The van der Waals surface area contributed by atoms with E-state index in [9.17, 15) is 4.79 Å². The van der Waals surface area contributed by atoms with Crippen molar-refractivity contribution in [1.29, 1.82) is 0 Å². The topological polar surface area (TPSA) is 44.8 Å². The van der Waals surface area contributed by atoms with Crippen molar-refractivity contribution in [3.63, 3.8) is 0 Å². The molecule has 3 saturated carbocycles. The fraction of sp³-hybridized carbons (Fsp3) is 0.897. The molecule has 0 N–H and O–H groups in total. The second kappa shape index (κ2) is 7.56. The molecule has 0 aromatic carbocycles. The molecule has 4 nitrogen and oxygen atoms in total. The van der Waals surface area contributed by atoms with Crippen LogP contribution < -0.4 is 0 Å². The SMILES string of the molecule is CC(=O)O[C@H]1CCC2(C)C(=CCC3C2CCC2(C)C3CC3OC4(CCC(C)CO4)[C@@H](C)C32)C1. The predicted octanol–water partition coefficient (Wildman–Crippen LogP) is 6.28. The van der Waals surface area contributed by atoms with E-state index in [1.165, 1.54) is 32.1 Å². The molecule has 6 aliphatic rings. The zero-order valence-corrected chi connectivity index (χ0v) is 21.4. The predicted molar refractivity (Wildman–Crippen MR) is 127 cm³/mol. The van der Waals surface area contributed by atoms with E-state index in [0.29, 0.717) is 29.3 Å². The number of fused-ring (bicyclic) bond motifs is 7. The monoisotopic (exact) mass is 456 g/mol. The Hall–Kier alpha value is -0.870. The minimum atomic E-state index is -0.312. The van der Waals surface area contributed by atoms with Gasteiger partial charge in [0.1, 0.15) is 6.10 Å². The first kappa shape index (κ1) is 22.6. The average Bonchev–Trinajstić information content (AvgIpc) is 3.21. The van der Waals surface area contributed by atoms with Gasteiger partial charge in [-0.15, -0.1) is 0 Å². The molecule has 4 aliphatic carbocycles. The lowest BCUT2D eigenvalue weighted by Crippen LogP contribution is -2.52. The summed E-state index contributed by atoms with van der Waals surface area (Å²) in [5, 5.41) is 0. The molecule has 9 unspecified atom stereocenters. The van der Waals surface area contributed by atoms with E-state index in [-0.39, 0.29) is 23.3 Å². The van der Waals surface area contributed by atoms with Gasteiger partial charge in [-0.2, -0.15) is 0 Å². The molecule has 184 valence electrons. The molecule has 0 aromatic heterocycles. The Labute approximate surface area is 200 Å². The first-order valence-electron chi connectivity index (χ1n) is 13.8. The average molecular weight is 457 g/mol. The number of carbonyl (C=O) groups is 1. The highest BCUT2D eigenvalue weighted by Gasteiger charge is 2.68. The molecule has 0 amide bonds. The second-order valence-electron chi connectivity index (χ2n) is 13.3. The van der Waals surface area contributed by atoms with Crippen LogP contribution in [0.1, 0.15) is 92.4 Å². The molecule has 2 saturated heterocycles. The molecule has 5 fully saturated rings. The van der Waals surface area contributed by atoms with Crippen molar-refractivity contribution in [2.24, 2.45) is 46.3 Å². The van der Waals surface area contributed by atoms with E-state index < -0.39 is 0 Å². The van der Waals surface area contributed by atoms with Crippen LogP contribution in [-0.4, -0.2) is 30.6 Å². The quantitative estimate of drug-likeness (QED) is 0.344. The van der Waals surface area contributed by atoms with E-state index in [1.54, 1.807) is 12.5 Å². The number of esters is 1. The summed E-state index contributed by atoms with van der Waals surface area (Å²) in [6.45, 7) is 12.3. The van der Waals surface area contributed by atoms with Gasteiger partial charge < -0.3 is 14.2 Å². The van der Waals surface area contributed by atoms with Gasteiger partial charge in [0.05, 0.1) is 12.7 Å². The Kier molecular flexibility index (Phi) is 5.18. The normalized spacial score (nSPS) is 55.2. The third kappa shape index (κ3) is 3.18. The lowest BCUT2D eigenvalue weighted by molar-refractivity contribution is -0.272. The molecule has 1 spiro atoms. The van der Waals surface area contributed by atoms with Crippen LogP contribution in [-0.2, 0) is 19.0 Å². The van der Waals surface area contributed by atoms with Gasteiger partial charge in [0, 0.05) is 25.7 Å². The number of hydrogen-bond donors (Lipinski definition) is 0. The molecule has 2 aliphatic heterocycles. The summed E-state index contributed by atoms with van der Waals surface area (Å²) in [6, 6.07) is 0. The van der Waals surface area contributed by atoms with Gasteiger partial charge in [-0.25, -0.2) is 0 Å². The molecule has 11 atom stereocenters. The van der Waals surface area contributed by atoms with Crippen LogP contribution in [0.15, 0.2) is 11.6 Å². The van der Waals surface area contributed by atoms with Crippen LogP contribution in [0.25, 0.3) is 0 Å². The molecule has 33 heavy (non-hydrogen) atoms. The number of rotatable bonds is 1. The minimum absolute atomic E-state index is 0.0849. The third-order valence-electron chi connectivity index (χ3n) is 11.7. The summed E-state index contributed by atoms with van der Waals surface area (Å²) in [5.41, 5.74) is 2.24. The van der Waals surface area contributed by atoms with E-state index in [2.05, 4.69) is 33.8 Å². The maximum Gasteiger partial charge on any atom is 0.302 e. The van der Waals surface area contributed by atoms with E-state index in [0.717, 1.165) is 50.0 Å². The Morgan fingerprint density at radius 1 is 1.09 bits per heavy atom. The van der Waals surface area contributed by atoms with Crippen molar-refractivity contribution in [2.75, 3.05) is 6.61 Å². The van der Waals surface area contributed by atoms with E-state index in [4.69, 9.17) is 14.2 Å². The summed E-state index contributed by atoms with van der Waals surface area (Å²) in [6.07, 6.45) is 13.6. The standard InChI is InChI=1S/C29H44O4/c1-17-8-13-29(31-16-17)18(2)26-25(33-29)15-24-22-7-6-20-14-21(32-19(3)30)9-11-27(20,4)23(22)10-12-28(24,26)5/h6,17-18,21-26H,7-16H2,1-5H3/t17?,18-,21-,22?,23?,24?,25?,26?,27?,28?,29?/m0/s1. The number of carbonyl (C=O) groups excluding carboxylic acids is 1. The number of allylic oxidation sites excluding steroid dienone is 1. The largest absolute Gasteiger partial charge is 0.462 e. The highest BCUT2D eigenvalue weighted by atomic mass is 16.7. The lowest BCUT2D eigenvalue weighted by Gasteiger charge is -2.58. The summed E-state index contributed by atoms with van der Waals surface area (Å²) < 4.78 is 19.0. The van der Waals surface area contributed by atoms with Crippen LogP contribution in [0, 0.1) is 46.3 Å². The molecule has 0 bridgehead atoms. The molecular formula is C29H44O4. The summed E-state index contributed by atoms with van der Waals surface area (Å²) in [4.78, 5) is 11.5. The van der Waals surface area contributed by atoms with Crippen molar-refractivity contribution < 1.29 is 19.0 Å². The smallest absolute Gasteiger partial charge is 0.302 e. The van der Waals surface area contributed by atoms with Gasteiger partial charge in [-0.05, 0) is 85.4 Å². The fourth-order valence-corrected chi connectivity index (χ4v) is 9.98. The molecule has 2 heterocycles. The summed E-state index contributed by atoms with van der Waals surface area (Å²) in [5.74, 6) is 3.64. The second-order valence-corrected chi connectivity index (χ2v) is 13.3. The van der Waals surface area contributed by atoms with Crippen molar-refractivity contribution in [3.05, 3.63) is 11.6 Å². The van der Waals surface area contributed by atoms with Crippen molar-refractivity contribution in [1.82, 2.24) is 0 Å². The minimum Gasteiger partial charge on any atom is -0.462 e. The molecule has 0 aromatic rings. The van der Waals surface area contributed by atoms with Gasteiger partial charge in [0.25, 0.3) is 0 Å². The number of ether oxygens (including phenoxy) is 3. The Bertz CT molecular complexity index is 841. The van der Waals surface area contributed by atoms with Crippen LogP contribution >= 0.6 is 0 Å². The van der Waals surface area contributed by atoms with Crippen LogP contribution in [0.4, 0.5) is 0 Å². The van der Waals surface area contributed by atoms with E-state index in [1.807, 2.05) is 0 Å². The van der Waals surface area contributed by atoms with Gasteiger partial charge in [0.2, 0.25) is 0 Å². The van der Waals surface area contributed by atoms with Gasteiger partial charge in [-0.3, -0.25) is 4.79 Å². The van der Waals surface area contributed by atoms with Gasteiger partial charge in [-0.1, -0.05) is 39.3 Å². The fourth-order valence-electron chi connectivity index (χ4n) is 9.98. The number of hydrogen-bond acceptors (Lipinski definition) is 4. The molecule has 6 rings (SSSR count). The maximum atomic E-state index is 11.5. The van der Waals surface area contributed by atoms with Crippen molar-refractivity contribution >= 4 is 5.97 Å². The lowest BCUT2D eigenvalue weighted by atomic mass is 9.47. The first-order chi connectivity index (χ1) is 15.7. The summed E-state index contributed by atoms with van der Waals surface area (Å²) in [7, 11) is 0.